The molecule has 2 fully saturated rings. The van der Waals surface area contributed by atoms with Crippen LogP contribution in [0.5, 0.6) is 0 Å². The Bertz CT molecular complexity index is 1150. The summed E-state index contributed by atoms with van der Waals surface area (Å²) in [6.07, 6.45) is 1.30. The summed E-state index contributed by atoms with van der Waals surface area (Å²) in [4.78, 5) is 27.7. The lowest BCUT2D eigenvalue weighted by atomic mass is 9.59. The van der Waals surface area contributed by atoms with Crippen molar-refractivity contribution in [2.45, 2.75) is 51.9 Å². The summed E-state index contributed by atoms with van der Waals surface area (Å²) in [5.74, 6) is -1.30. The van der Waals surface area contributed by atoms with Crippen molar-refractivity contribution in [2.24, 2.45) is 34.5 Å². The Labute approximate surface area is 205 Å². The number of esters is 1. The Morgan fingerprint density at radius 1 is 1.26 bits per heavy atom. The van der Waals surface area contributed by atoms with E-state index in [9.17, 15) is 24.9 Å². The van der Waals surface area contributed by atoms with Crippen LogP contribution >= 0.6 is 0 Å². The Morgan fingerprint density at radius 2 is 1.94 bits per heavy atom. The highest BCUT2D eigenvalue weighted by molar-refractivity contribution is 5.97. The second kappa shape index (κ2) is 7.76. The summed E-state index contributed by atoms with van der Waals surface area (Å²) in [5, 5.41) is 37.2. The first-order chi connectivity index (χ1) is 16.5. The van der Waals surface area contributed by atoms with Crippen LogP contribution in [0.25, 0.3) is 0 Å². The van der Waals surface area contributed by atoms with Gasteiger partial charge in [0.15, 0.2) is 17.5 Å². The minimum atomic E-state index is -2.14. The van der Waals surface area contributed by atoms with Crippen molar-refractivity contribution in [1.82, 2.24) is 0 Å². The fraction of sp³-hybridized carbons (Fsp3) is 0.571. The summed E-state index contributed by atoms with van der Waals surface area (Å²) >= 11 is 0. The number of aliphatic hydroxyl groups excluding tert-OH is 2. The molecule has 8 atom stereocenters. The zero-order chi connectivity index (χ0) is 25.5. The van der Waals surface area contributed by atoms with Gasteiger partial charge in [0.25, 0.3) is 0 Å². The first-order valence-electron chi connectivity index (χ1n) is 12.4. The summed E-state index contributed by atoms with van der Waals surface area (Å²) < 4.78 is 5.93. The third kappa shape index (κ3) is 2.95. The zero-order valence-corrected chi connectivity index (χ0v) is 20.9. The van der Waals surface area contributed by atoms with E-state index in [-0.39, 0.29) is 34.2 Å². The highest BCUT2D eigenvalue weighted by atomic mass is 16.6. The lowest BCUT2D eigenvalue weighted by molar-refractivity contribution is -0.190. The molecule has 0 saturated heterocycles. The highest BCUT2D eigenvalue weighted by Gasteiger charge is 2.76. The summed E-state index contributed by atoms with van der Waals surface area (Å²) in [6.45, 7) is 7.47. The molecule has 0 aliphatic heterocycles. The molecule has 7 heteroatoms. The fourth-order valence-corrected chi connectivity index (χ4v) is 7.64. The molecule has 7 nitrogen and oxygen atoms in total. The minimum absolute atomic E-state index is 0.0409. The normalized spacial score (nSPS) is 41.0. The van der Waals surface area contributed by atoms with Crippen LogP contribution in [-0.2, 0) is 9.53 Å². The van der Waals surface area contributed by atoms with Crippen LogP contribution < -0.4 is 5.32 Å². The number of hydrogen-bond donors (Lipinski definition) is 4. The number of aliphatic hydroxyl groups is 3. The standard InChI is InChI=1S/C28H35NO6/c1-14-12-27-15(2)10-19-21(26(19,3)4)18(23(27)32)11-16(13-30)22(31)28(27,34)24(14)35-25(33)17-8-6-7-9-20(17)29-5/h6-9,11-12,15,18-19,21-22,24,29-31,34H,10,13H2,1-5H3/t15-,18+,19-,21+,22-,24+,27-,28+/m1/s1. The van der Waals surface area contributed by atoms with Crippen LogP contribution in [0.15, 0.2) is 47.6 Å². The predicted octanol–water partition coefficient (Wildman–Crippen LogP) is 2.72. The Morgan fingerprint density at radius 3 is 2.60 bits per heavy atom. The number of anilines is 1. The second-order valence-corrected chi connectivity index (χ2v) is 11.4. The van der Waals surface area contributed by atoms with Gasteiger partial charge in [0.1, 0.15) is 6.10 Å². The molecule has 2 bridgehead atoms. The molecule has 0 amide bonds. The summed E-state index contributed by atoms with van der Waals surface area (Å²) in [7, 11) is 1.70. The van der Waals surface area contributed by atoms with E-state index < -0.39 is 41.7 Å². The van der Waals surface area contributed by atoms with E-state index in [4.69, 9.17) is 4.74 Å². The van der Waals surface area contributed by atoms with E-state index >= 15 is 0 Å². The van der Waals surface area contributed by atoms with Crippen LogP contribution in [0, 0.1) is 34.5 Å². The van der Waals surface area contributed by atoms with Crippen LogP contribution in [0.2, 0.25) is 0 Å². The number of ether oxygens (including phenoxy) is 1. The molecule has 0 unspecified atom stereocenters. The maximum Gasteiger partial charge on any atom is 0.340 e. The van der Waals surface area contributed by atoms with Gasteiger partial charge in [-0.05, 0) is 59.8 Å². The topological polar surface area (TPSA) is 116 Å². The average Bonchev–Trinajstić information content (AvgIpc) is 3.32. The SMILES string of the molecule is CNc1ccccc1C(=O)O[C@H]1C(C)=C[C@@]23C(=O)[C@@H](C=C(CO)[C@@H](O)[C@]12O)[C@H]1[C@@H](C[C@H]3C)C1(C)C. The molecule has 0 heterocycles. The first-order valence-corrected chi connectivity index (χ1v) is 12.4. The van der Waals surface area contributed by atoms with Crippen molar-refractivity contribution in [3.8, 4) is 0 Å². The average molecular weight is 482 g/mol. The lowest BCUT2D eigenvalue weighted by Gasteiger charge is -2.48. The predicted molar refractivity (Wildman–Crippen MR) is 131 cm³/mol. The number of hydrogen-bond acceptors (Lipinski definition) is 7. The lowest BCUT2D eigenvalue weighted by Crippen LogP contribution is -2.65. The molecule has 4 N–H and O–H groups in total. The summed E-state index contributed by atoms with van der Waals surface area (Å²) in [6, 6.07) is 6.87. The van der Waals surface area contributed by atoms with Crippen molar-refractivity contribution in [2.75, 3.05) is 19.0 Å². The molecule has 188 valence electrons. The third-order valence-corrected chi connectivity index (χ3v) is 9.54. The summed E-state index contributed by atoms with van der Waals surface area (Å²) in [5.41, 5.74) is -2.04. The number of ketones is 1. The van der Waals surface area contributed by atoms with Crippen LogP contribution in [-0.4, -0.2) is 58.5 Å². The molecule has 4 aliphatic rings. The molecule has 2 saturated carbocycles. The number of benzene rings is 1. The van der Waals surface area contributed by atoms with Crippen molar-refractivity contribution in [3.05, 3.63) is 53.1 Å². The molecule has 1 aromatic rings. The third-order valence-electron chi connectivity index (χ3n) is 9.54. The van der Waals surface area contributed by atoms with Crippen LogP contribution in [0.4, 0.5) is 5.69 Å². The highest BCUT2D eigenvalue weighted by Crippen LogP contribution is 2.71. The molecule has 4 aliphatic carbocycles. The van der Waals surface area contributed by atoms with Gasteiger partial charge in [-0.3, -0.25) is 4.79 Å². The van der Waals surface area contributed by atoms with Gasteiger partial charge in [-0.2, -0.15) is 0 Å². The molecule has 1 spiro atoms. The molecule has 5 rings (SSSR count). The number of fused-ring (bicyclic) bond motifs is 3. The van der Waals surface area contributed by atoms with Gasteiger partial charge in [0.2, 0.25) is 0 Å². The number of allylic oxidation sites excluding steroid dienone is 1. The molecule has 35 heavy (non-hydrogen) atoms. The van der Waals surface area contributed by atoms with Crippen molar-refractivity contribution < 1.29 is 29.6 Å². The smallest absolute Gasteiger partial charge is 0.340 e. The maximum atomic E-state index is 14.4. The largest absolute Gasteiger partial charge is 0.451 e. The molecular weight excluding hydrogens is 446 g/mol. The number of rotatable bonds is 4. The van der Waals surface area contributed by atoms with Gasteiger partial charge >= 0.3 is 5.97 Å². The first kappa shape index (κ1) is 24.2. The van der Waals surface area contributed by atoms with Crippen molar-refractivity contribution in [3.63, 3.8) is 0 Å². The van der Waals surface area contributed by atoms with Crippen LogP contribution in [0.3, 0.4) is 0 Å². The number of carbonyl (C=O) groups is 2. The maximum absolute atomic E-state index is 14.4. The van der Waals surface area contributed by atoms with Gasteiger partial charge in [-0.1, -0.05) is 45.1 Å². The Kier molecular flexibility index (Phi) is 5.37. The fourth-order valence-electron chi connectivity index (χ4n) is 7.64. The van der Waals surface area contributed by atoms with Gasteiger partial charge in [0, 0.05) is 18.7 Å². The van der Waals surface area contributed by atoms with Gasteiger partial charge in [-0.25, -0.2) is 4.79 Å². The van der Waals surface area contributed by atoms with E-state index in [2.05, 4.69) is 19.2 Å². The number of Topliss-reactive ketones (excluding diaryl/α,β-unsaturated/α-hetero) is 1. The molecule has 0 radical (unpaired) electrons. The number of para-hydroxylation sites is 1. The minimum Gasteiger partial charge on any atom is -0.451 e. The Balaban J connectivity index is 1.63. The monoisotopic (exact) mass is 481 g/mol. The van der Waals surface area contributed by atoms with E-state index in [1.165, 1.54) is 0 Å². The van der Waals surface area contributed by atoms with Gasteiger partial charge < -0.3 is 25.4 Å². The quantitative estimate of drug-likeness (QED) is 0.386. The van der Waals surface area contributed by atoms with E-state index in [0.717, 1.165) is 0 Å². The number of carbonyl (C=O) groups excluding carboxylic acids is 2. The van der Waals surface area contributed by atoms with Crippen LogP contribution in [0.1, 0.15) is 44.5 Å². The molecule has 1 aromatic carbocycles. The van der Waals surface area contributed by atoms with E-state index in [1.807, 2.05) is 6.92 Å². The molecule has 0 aromatic heterocycles. The zero-order valence-electron chi connectivity index (χ0n) is 20.9. The van der Waals surface area contributed by atoms with Crippen molar-refractivity contribution >= 4 is 17.4 Å². The van der Waals surface area contributed by atoms with Gasteiger partial charge in [-0.15, -0.1) is 0 Å². The van der Waals surface area contributed by atoms with Crippen molar-refractivity contribution in [1.29, 1.82) is 0 Å². The molecular formula is C28H35NO6. The van der Waals surface area contributed by atoms with Gasteiger partial charge in [0.05, 0.1) is 17.6 Å². The Hall–Kier alpha value is -2.48. The van der Waals surface area contributed by atoms with E-state index in [0.29, 0.717) is 23.6 Å². The number of nitrogens with one attached hydrogen (secondary N) is 1. The second-order valence-electron chi connectivity index (χ2n) is 11.4. The van der Waals surface area contributed by atoms with E-state index in [1.54, 1.807) is 50.4 Å².